The van der Waals surface area contributed by atoms with Gasteiger partial charge in [-0.05, 0) is 24.6 Å². The summed E-state index contributed by atoms with van der Waals surface area (Å²) in [6, 6.07) is 17.9. The van der Waals surface area contributed by atoms with Crippen LogP contribution in [0.3, 0.4) is 0 Å². The van der Waals surface area contributed by atoms with Gasteiger partial charge in [-0.15, -0.1) is 0 Å². The molecule has 7 nitrogen and oxygen atoms in total. The Hall–Kier alpha value is -2.47. The summed E-state index contributed by atoms with van der Waals surface area (Å²) in [5.41, 5.74) is 3.00. The van der Waals surface area contributed by atoms with Crippen molar-refractivity contribution in [1.82, 2.24) is 0 Å². The fourth-order valence-corrected chi connectivity index (χ4v) is 1.92. The van der Waals surface area contributed by atoms with E-state index in [4.69, 9.17) is 22.9 Å². The van der Waals surface area contributed by atoms with Crippen molar-refractivity contribution in [3.63, 3.8) is 0 Å². The molecule has 0 aliphatic heterocycles. The molecule has 0 heterocycles. The van der Waals surface area contributed by atoms with Crippen LogP contribution in [0.2, 0.25) is 0 Å². The molecule has 0 aliphatic carbocycles. The van der Waals surface area contributed by atoms with Gasteiger partial charge in [0.2, 0.25) is 5.39 Å². The van der Waals surface area contributed by atoms with Crippen LogP contribution in [0.4, 0.5) is 11.4 Å². The molecule has 0 radical (unpaired) electrons. The second kappa shape index (κ2) is 8.85. The summed E-state index contributed by atoms with van der Waals surface area (Å²) in [6.07, 6.45) is 0. The third-order valence-electron chi connectivity index (χ3n) is 2.93. The average Bonchev–Trinajstić information content (AvgIpc) is 2.52. The standard InChI is InChI=1S/C15H16N3.H2O4S/c1-2-18(12-13-6-4-3-5-7-13)15-10-8-14(17-16)9-11-15;1-5(2,3)4/h3-11H,2,12H2,1H3;(H2,1,2,3,4)/q+1;. The van der Waals surface area contributed by atoms with E-state index in [1.54, 1.807) is 0 Å². The Balaban J connectivity index is 0.000000463. The lowest BCUT2D eigenvalue weighted by atomic mass is 10.2. The molecular formula is C15H18N3O4S+. The van der Waals surface area contributed by atoms with Crippen LogP contribution < -0.4 is 4.90 Å². The quantitative estimate of drug-likeness (QED) is 0.653. The molecule has 0 bridgehead atoms. The highest BCUT2D eigenvalue weighted by molar-refractivity contribution is 7.79. The summed E-state index contributed by atoms with van der Waals surface area (Å²) in [7, 11) is -4.67. The van der Waals surface area contributed by atoms with Crippen molar-refractivity contribution in [2.45, 2.75) is 13.5 Å². The van der Waals surface area contributed by atoms with Gasteiger partial charge in [-0.1, -0.05) is 30.3 Å². The molecule has 2 N–H and O–H groups in total. The molecule has 2 aromatic carbocycles. The predicted octanol–water partition coefficient (Wildman–Crippen LogP) is 3.54. The van der Waals surface area contributed by atoms with Crippen molar-refractivity contribution in [1.29, 1.82) is 5.39 Å². The van der Waals surface area contributed by atoms with Gasteiger partial charge >= 0.3 is 16.1 Å². The van der Waals surface area contributed by atoms with Crippen LogP contribution in [0.15, 0.2) is 54.6 Å². The Morgan fingerprint density at radius 2 is 1.57 bits per heavy atom. The van der Waals surface area contributed by atoms with Crippen LogP contribution in [0.5, 0.6) is 0 Å². The Morgan fingerprint density at radius 3 is 2.00 bits per heavy atom. The minimum absolute atomic E-state index is 0.578. The van der Waals surface area contributed by atoms with Gasteiger partial charge in [0.05, 0.1) is 0 Å². The molecule has 0 amide bonds. The Morgan fingerprint density at radius 1 is 1.04 bits per heavy atom. The molecule has 23 heavy (non-hydrogen) atoms. The van der Waals surface area contributed by atoms with Crippen LogP contribution in [-0.2, 0) is 16.9 Å². The highest BCUT2D eigenvalue weighted by Crippen LogP contribution is 2.21. The van der Waals surface area contributed by atoms with Gasteiger partial charge in [0.1, 0.15) is 0 Å². The van der Waals surface area contributed by atoms with E-state index in [1.165, 1.54) is 5.56 Å². The Kier molecular flexibility index (Phi) is 7.15. The number of rotatable bonds is 4. The van der Waals surface area contributed by atoms with Gasteiger partial charge in [-0.25, -0.2) is 0 Å². The third kappa shape index (κ3) is 7.92. The highest BCUT2D eigenvalue weighted by atomic mass is 32.3. The lowest BCUT2D eigenvalue weighted by Crippen LogP contribution is -2.21. The molecule has 0 fully saturated rings. The summed E-state index contributed by atoms with van der Waals surface area (Å²) < 4.78 is 31.6. The van der Waals surface area contributed by atoms with Crippen molar-refractivity contribution in [3.05, 3.63) is 65.1 Å². The zero-order chi connectivity index (χ0) is 17.3. The SMILES string of the molecule is CCN(Cc1ccccc1)c1ccc([N+]#N)cc1.O=S(=O)(O)O. The molecule has 0 aliphatic rings. The summed E-state index contributed by atoms with van der Waals surface area (Å²) in [5, 5.41) is 8.67. The monoisotopic (exact) mass is 336 g/mol. The van der Waals surface area contributed by atoms with E-state index in [2.05, 4.69) is 41.1 Å². The van der Waals surface area contributed by atoms with E-state index in [9.17, 15) is 0 Å². The van der Waals surface area contributed by atoms with Crippen molar-refractivity contribution < 1.29 is 17.5 Å². The van der Waals surface area contributed by atoms with Crippen molar-refractivity contribution in [2.75, 3.05) is 11.4 Å². The van der Waals surface area contributed by atoms with Crippen LogP contribution >= 0.6 is 0 Å². The fraction of sp³-hybridized carbons (Fsp3) is 0.200. The second-order valence-corrected chi connectivity index (χ2v) is 5.46. The van der Waals surface area contributed by atoms with Crippen molar-refractivity contribution in [2.24, 2.45) is 0 Å². The number of anilines is 1. The van der Waals surface area contributed by atoms with Crippen LogP contribution in [-0.4, -0.2) is 24.1 Å². The molecule has 2 aromatic rings. The number of hydrogen-bond acceptors (Lipinski definition) is 4. The van der Waals surface area contributed by atoms with Crippen LogP contribution in [0.25, 0.3) is 4.98 Å². The topological polar surface area (TPSA) is 106 Å². The van der Waals surface area contributed by atoms with Crippen molar-refractivity contribution in [3.8, 4) is 0 Å². The first-order valence-electron chi connectivity index (χ1n) is 6.77. The molecule has 8 heteroatoms. The maximum Gasteiger partial charge on any atom is 0.394 e. The molecular weight excluding hydrogens is 318 g/mol. The molecule has 0 aromatic heterocycles. The largest absolute Gasteiger partial charge is 0.394 e. The van der Waals surface area contributed by atoms with Gasteiger partial charge < -0.3 is 4.90 Å². The number of nitrogens with zero attached hydrogens (tertiary/aromatic N) is 3. The highest BCUT2D eigenvalue weighted by Gasteiger charge is 2.08. The number of hydrogen-bond donors (Lipinski definition) is 2. The first-order chi connectivity index (χ1) is 10.8. The molecule has 122 valence electrons. The zero-order valence-corrected chi connectivity index (χ0v) is 13.4. The van der Waals surface area contributed by atoms with Crippen molar-refractivity contribution >= 4 is 21.8 Å². The normalized spacial score (nSPS) is 10.2. The maximum absolute atomic E-state index is 8.74. The second-order valence-electron chi connectivity index (χ2n) is 4.56. The van der Waals surface area contributed by atoms with Crippen LogP contribution in [0.1, 0.15) is 12.5 Å². The van der Waals surface area contributed by atoms with E-state index < -0.39 is 10.4 Å². The molecule has 2 rings (SSSR count). The maximum atomic E-state index is 8.74. The summed E-state index contributed by atoms with van der Waals surface area (Å²) in [6.45, 7) is 3.95. The summed E-state index contributed by atoms with van der Waals surface area (Å²) in [4.78, 5) is 5.44. The first kappa shape index (κ1) is 18.6. The molecule has 0 saturated carbocycles. The van der Waals surface area contributed by atoms with Gasteiger partial charge in [0.15, 0.2) is 4.98 Å². The average molecular weight is 336 g/mol. The summed E-state index contributed by atoms with van der Waals surface area (Å²) in [5.74, 6) is 0. The van der Waals surface area contributed by atoms with E-state index >= 15 is 0 Å². The molecule has 0 saturated heterocycles. The van der Waals surface area contributed by atoms with E-state index in [0.717, 1.165) is 18.8 Å². The van der Waals surface area contributed by atoms with Gasteiger partial charge in [0.25, 0.3) is 0 Å². The number of diazo groups is 1. The third-order valence-corrected chi connectivity index (χ3v) is 2.93. The number of benzene rings is 2. The molecule has 0 unspecified atom stereocenters. The van der Waals surface area contributed by atoms with Gasteiger partial charge in [-0.3, -0.25) is 9.11 Å². The lowest BCUT2D eigenvalue weighted by Gasteiger charge is -2.22. The minimum atomic E-state index is -4.67. The smallest absolute Gasteiger partial charge is 0.367 e. The molecule has 0 atom stereocenters. The lowest BCUT2D eigenvalue weighted by molar-refractivity contribution is 0.381. The predicted molar refractivity (Wildman–Crippen MR) is 88.5 cm³/mol. The molecule has 0 spiro atoms. The first-order valence-corrected chi connectivity index (χ1v) is 8.17. The Labute approximate surface area is 135 Å². The van der Waals surface area contributed by atoms with E-state index in [0.29, 0.717) is 5.69 Å². The van der Waals surface area contributed by atoms with Crippen LogP contribution in [0, 0.1) is 5.39 Å². The van der Waals surface area contributed by atoms with Gasteiger partial charge in [0, 0.05) is 30.9 Å². The fourth-order valence-electron chi connectivity index (χ4n) is 1.92. The summed E-state index contributed by atoms with van der Waals surface area (Å²) >= 11 is 0. The van der Waals surface area contributed by atoms with Gasteiger partial charge in [-0.2, -0.15) is 8.42 Å². The van der Waals surface area contributed by atoms with E-state index in [1.807, 2.05) is 30.3 Å². The minimum Gasteiger partial charge on any atom is -0.367 e. The Bertz CT molecular complexity index is 733. The zero-order valence-electron chi connectivity index (χ0n) is 12.6. The van der Waals surface area contributed by atoms with E-state index in [-0.39, 0.29) is 0 Å².